The quantitative estimate of drug-likeness (QED) is 0.857. The molecular weight excluding hydrogens is 218 g/mol. The maximum absolute atomic E-state index is 5.58. The molecule has 0 aliphatic carbocycles. The number of hydrogen-bond donors (Lipinski definition) is 2. The Morgan fingerprint density at radius 2 is 1.94 bits per heavy atom. The second kappa shape index (κ2) is 4.53. The number of benzene rings is 1. The average Bonchev–Trinajstić information content (AvgIpc) is 2.60. The predicted molar refractivity (Wildman–Crippen MR) is 69.8 cm³/mol. The molecule has 84 valence electrons. The minimum Gasteiger partial charge on any atom is -0.379 e. The van der Waals surface area contributed by atoms with Crippen LogP contribution in [0, 0.1) is 13.8 Å². The second-order valence-electron chi connectivity index (χ2n) is 3.91. The van der Waals surface area contributed by atoms with Crippen LogP contribution >= 0.6 is 11.3 Å². The number of nitrogens with zero attached hydrogens (tertiary/aromatic N) is 1. The SMILES string of the molecule is Cc1cc(C)cc(NCc2csc(N)n2)c1. The zero-order valence-electron chi connectivity index (χ0n) is 9.45. The summed E-state index contributed by atoms with van der Waals surface area (Å²) in [6.45, 7) is 4.91. The maximum atomic E-state index is 5.58. The lowest BCUT2D eigenvalue weighted by Crippen LogP contribution is -2.00. The van der Waals surface area contributed by atoms with Gasteiger partial charge in [-0.25, -0.2) is 4.98 Å². The van der Waals surface area contributed by atoms with E-state index < -0.39 is 0 Å². The van der Waals surface area contributed by atoms with Gasteiger partial charge in [-0.15, -0.1) is 11.3 Å². The van der Waals surface area contributed by atoms with Crippen molar-refractivity contribution >= 4 is 22.2 Å². The Morgan fingerprint density at radius 1 is 1.25 bits per heavy atom. The van der Waals surface area contributed by atoms with E-state index in [4.69, 9.17) is 5.73 Å². The number of rotatable bonds is 3. The molecule has 3 N–H and O–H groups in total. The summed E-state index contributed by atoms with van der Waals surface area (Å²) in [5, 5.41) is 5.94. The number of hydrogen-bond acceptors (Lipinski definition) is 4. The Bertz CT molecular complexity index is 471. The molecule has 0 atom stereocenters. The number of aromatic nitrogens is 1. The minimum atomic E-state index is 0.622. The zero-order valence-corrected chi connectivity index (χ0v) is 10.3. The van der Waals surface area contributed by atoms with Crippen molar-refractivity contribution in [2.45, 2.75) is 20.4 Å². The van der Waals surface area contributed by atoms with Gasteiger partial charge in [0.25, 0.3) is 0 Å². The third-order valence-corrected chi connectivity index (χ3v) is 2.99. The second-order valence-corrected chi connectivity index (χ2v) is 4.80. The molecule has 3 nitrogen and oxygen atoms in total. The van der Waals surface area contributed by atoms with Gasteiger partial charge in [-0.05, 0) is 37.1 Å². The van der Waals surface area contributed by atoms with Crippen LogP contribution in [0.2, 0.25) is 0 Å². The Labute approximate surface area is 99.3 Å². The van der Waals surface area contributed by atoms with Gasteiger partial charge in [0, 0.05) is 11.1 Å². The molecule has 0 spiro atoms. The zero-order chi connectivity index (χ0) is 11.5. The lowest BCUT2D eigenvalue weighted by Gasteiger charge is -2.06. The Kier molecular flexibility index (Phi) is 3.10. The summed E-state index contributed by atoms with van der Waals surface area (Å²) in [5.74, 6) is 0. The van der Waals surface area contributed by atoms with Gasteiger partial charge in [0.2, 0.25) is 0 Å². The summed E-state index contributed by atoms with van der Waals surface area (Å²) in [6.07, 6.45) is 0. The molecule has 1 heterocycles. The van der Waals surface area contributed by atoms with Crippen molar-refractivity contribution < 1.29 is 0 Å². The first-order valence-electron chi connectivity index (χ1n) is 5.15. The maximum Gasteiger partial charge on any atom is 0.180 e. The smallest absolute Gasteiger partial charge is 0.180 e. The molecule has 2 rings (SSSR count). The van der Waals surface area contributed by atoms with Gasteiger partial charge in [0.15, 0.2) is 5.13 Å². The highest BCUT2D eigenvalue weighted by molar-refractivity contribution is 7.13. The molecule has 1 aromatic heterocycles. The molecule has 0 saturated heterocycles. The number of thiazole rings is 1. The summed E-state index contributed by atoms with van der Waals surface area (Å²) in [5.41, 5.74) is 10.2. The molecule has 1 aromatic carbocycles. The van der Waals surface area contributed by atoms with Gasteiger partial charge < -0.3 is 11.1 Å². The van der Waals surface area contributed by atoms with Crippen LogP contribution in [-0.4, -0.2) is 4.98 Å². The van der Waals surface area contributed by atoms with Crippen molar-refractivity contribution in [1.82, 2.24) is 4.98 Å². The fourth-order valence-electron chi connectivity index (χ4n) is 1.67. The van der Waals surface area contributed by atoms with Crippen molar-refractivity contribution in [1.29, 1.82) is 0 Å². The van der Waals surface area contributed by atoms with Crippen molar-refractivity contribution in [3.8, 4) is 0 Å². The van der Waals surface area contributed by atoms with Crippen LogP contribution in [0.5, 0.6) is 0 Å². The minimum absolute atomic E-state index is 0.622. The third kappa shape index (κ3) is 2.73. The van der Waals surface area contributed by atoms with E-state index in [0.717, 1.165) is 17.9 Å². The third-order valence-electron chi connectivity index (χ3n) is 2.26. The van der Waals surface area contributed by atoms with Gasteiger partial charge >= 0.3 is 0 Å². The van der Waals surface area contributed by atoms with E-state index in [2.05, 4.69) is 42.3 Å². The summed E-state index contributed by atoms with van der Waals surface area (Å²) in [4.78, 5) is 4.20. The first-order valence-corrected chi connectivity index (χ1v) is 6.03. The fourth-order valence-corrected chi connectivity index (χ4v) is 2.24. The molecule has 0 saturated carbocycles. The summed E-state index contributed by atoms with van der Waals surface area (Å²) < 4.78 is 0. The standard InChI is InChI=1S/C12H15N3S/c1-8-3-9(2)5-10(4-8)14-6-11-7-16-12(13)15-11/h3-5,7,14H,6H2,1-2H3,(H2,13,15). The van der Waals surface area contributed by atoms with Gasteiger partial charge in [-0.2, -0.15) is 0 Å². The summed E-state index contributed by atoms with van der Waals surface area (Å²) in [6, 6.07) is 6.41. The van der Waals surface area contributed by atoms with E-state index in [1.807, 2.05) is 5.38 Å². The number of nitrogen functional groups attached to an aromatic ring is 1. The van der Waals surface area contributed by atoms with Crippen LogP contribution in [0.25, 0.3) is 0 Å². The van der Waals surface area contributed by atoms with Crippen LogP contribution in [0.4, 0.5) is 10.8 Å². The van der Waals surface area contributed by atoms with E-state index in [1.165, 1.54) is 22.5 Å². The van der Waals surface area contributed by atoms with Gasteiger partial charge in [0.05, 0.1) is 12.2 Å². The van der Waals surface area contributed by atoms with E-state index in [1.54, 1.807) is 0 Å². The van der Waals surface area contributed by atoms with E-state index >= 15 is 0 Å². The molecule has 0 aliphatic rings. The van der Waals surface area contributed by atoms with E-state index in [-0.39, 0.29) is 0 Å². The predicted octanol–water partition coefficient (Wildman–Crippen LogP) is 2.95. The van der Waals surface area contributed by atoms with Crippen LogP contribution in [0.3, 0.4) is 0 Å². The number of aryl methyl sites for hydroxylation is 2. The number of nitrogens with one attached hydrogen (secondary N) is 1. The largest absolute Gasteiger partial charge is 0.379 e. The number of nitrogens with two attached hydrogens (primary N) is 1. The molecular formula is C12H15N3S. The highest BCUT2D eigenvalue weighted by atomic mass is 32.1. The van der Waals surface area contributed by atoms with Crippen molar-refractivity contribution in [2.24, 2.45) is 0 Å². The van der Waals surface area contributed by atoms with Crippen molar-refractivity contribution in [3.63, 3.8) is 0 Å². The first-order chi connectivity index (χ1) is 7.63. The molecule has 0 aliphatic heterocycles. The van der Waals surface area contributed by atoms with Crippen molar-refractivity contribution in [2.75, 3.05) is 11.1 Å². The van der Waals surface area contributed by atoms with E-state index in [0.29, 0.717) is 5.13 Å². The highest BCUT2D eigenvalue weighted by Gasteiger charge is 1.99. The molecule has 0 bridgehead atoms. The Hall–Kier alpha value is -1.55. The van der Waals surface area contributed by atoms with E-state index in [9.17, 15) is 0 Å². The molecule has 16 heavy (non-hydrogen) atoms. The monoisotopic (exact) mass is 233 g/mol. The molecule has 0 fully saturated rings. The molecule has 2 aromatic rings. The highest BCUT2D eigenvalue weighted by Crippen LogP contribution is 2.16. The summed E-state index contributed by atoms with van der Waals surface area (Å²) >= 11 is 1.47. The van der Waals surface area contributed by atoms with Crippen molar-refractivity contribution in [3.05, 3.63) is 40.4 Å². The van der Waals surface area contributed by atoms with Gasteiger partial charge in [-0.3, -0.25) is 0 Å². The molecule has 4 heteroatoms. The van der Waals surface area contributed by atoms with Crippen LogP contribution in [0.15, 0.2) is 23.6 Å². The lowest BCUT2D eigenvalue weighted by molar-refractivity contribution is 1.07. The van der Waals surface area contributed by atoms with Crippen LogP contribution in [-0.2, 0) is 6.54 Å². The Morgan fingerprint density at radius 3 is 2.50 bits per heavy atom. The molecule has 0 amide bonds. The summed E-state index contributed by atoms with van der Waals surface area (Å²) in [7, 11) is 0. The van der Waals surface area contributed by atoms with Gasteiger partial charge in [-0.1, -0.05) is 6.07 Å². The molecule has 0 unspecified atom stereocenters. The number of anilines is 2. The lowest BCUT2D eigenvalue weighted by atomic mass is 10.1. The van der Waals surface area contributed by atoms with Gasteiger partial charge in [0.1, 0.15) is 0 Å². The Balaban J connectivity index is 2.04. The first kappa shape index (κ1) is 11.0. The van der Waals surface area contributed by atoms with Crippen LogP contribution in [0.1, 0.15) is 16.8 Å². The molecule has 0 radical (unpaired) electrons. The van der Waals surface area contributed by atoms with Crippen LogP contribution < -0.4 is 11.1 Å². The normalized spacial score (nSPS) is 10.4. The topological polar surface area (TPSA) is 50.9 Å². The fraction of sp³-hybridized carbons (Fsp3) is 0.250. The average molecular weight is 233 g/mol.